The van der Waals surface area contributed by atoms with Gasteiger partial charge in [-0.3, -0.25) is 19.2 Å². The highest BCUT2D eigenvalue weighted by Crippen LogP contribution is 2.29. The third kappa shape index (κ3) is 5.28. The SMILES string of the molecule is C=C(C)CNC(=O)C(=O)[C@H]1CN(CC(=O)N(C)C)C(=O)C1Cc1ccccc1. The predicted molar refractivity (Wildman–Crippen MR) is 105 cm³/mol. The molecule has 3 amide bonds. The molecule has 1 fully saturated rings. The summed E-state index contributed by atoms with van der Waals surface area (Å²) < 4.78 is 0. The van der Waals surface area contributed by atoms with Crippen molar-refractivity contribution >= 4 is 23.5 Å². The van der Waals surface area contributed by atoms with Crippen LogP contribution in [-0.2, 0) is 25.6 Å². The molecular formula is C21H27N3O4. The Hall–Kier alpha value is -2.96. The minimum atomic E-state index is -0.784. The molecule has 0 spiro atoms. The molecule has 7 nitrogen and oxygen atoms in total. The molecule has 0 aliphatic carbocycles. The molecule has 1 heterocycles. The molecule has 2 atom stereocenters. The second-order valence-corrected chi connectivity index (χ2v) is 7.41. The third-order valence-corrected chi connectivity index (χ3v) is 4.77. The number of Topliss-reactive ketones (excluding diaryl/α,β-unsaturated/α-hetero) is 1. The van der Waals surface area contributed by atoms with Gasteiger partial charge in [-0.05, 0) is 18.9 Å². The zero-order valence-electron chi connectivity index (χ0n) is 16.6. The van der Waals surface area contributed by atoms with Crippen molar-refractivity contribution in [1.29, 1.82) is 0 Å². The number of carbonyl (C=O) groups is 4. The van der Waals surface area contributed by atoms with Crippen LogP contribution >= 0.6 is 0 Å². The Balaban J connectivity index is 2.21. The zero-order chi connectivity index (χ0) is 20.8. The first-order valence-corrected chi connectivity index (χ1v) is 9.20. The van der Waals surface area contributed by atoms with Crippen LogP contribution in [-0.4, -0.2) is 67.0 Å². The largest absolute Gasteiger partial charge is 0.347 e. The average molecular weight is 385 g/mol. The zero-order valence-corrected chi connectivity index (χ0v) is 16.6. The number of carbonyl (C=O) groups excluding carboxylic acids is 4. The van der Waals surface area contributed by atoms with E-state index in [9.17, 15) is 19.2 Å². The minimum Gasteiger partial charge on any atom is -0.347 e. The fourth-order valence-electron chi connectivity index (χ4n) is 3.16. The van der Waals surface area contributed by atoms with Crippen molar-refractivity contribution in [3.63, 3.8) is 0 Å². The van der Waals surface area contributed by atoms with E-state index in [1.807, 2.05) is 30.3 Å². The lowest BCUT2D eigenvalue weighted by Gasteiger charge is -2.18. The highest BCUT2D eigenvalue weighted by Gasteiger charge is 2.46. The second kappa shape index (κ2) is 9.30. The molecule has 1 aromatic rings. The molecule has 0 bridgehead atoms. The Morgan fingerprint density at radius 2 is 1.86 bits per heavy atom. The van der Waals surface area contributed by atoms with Crippen LogP contribution in [0.25, 0.3) is 0 Å². The van der Waals surface area contributed by atoms with E-state index in [1.165, 1.54) is 9.80 Å². The van der Waals surface area contributed by atoms with E-state index in [4.69, 9.17) is 0 Å². The molecule has 0 saturated carbocycles. The minimum absolute atomic E-state index is 0.0647. The van der Waals surface area contributed by atoms with Crippen LogP contribution in [0.5, 0.6) is 0 Å². The lowest BCUT2D eigenvalue weighted by atomic mass is 9.86. The van der Waals surface area contributed by atoms with Gasteiger partial charge in [0.25, 0.3) is 5.91 Å². The van der Waals surface area contributed by atoms with Gasteiger partial charge < -0.3 is 15.1 Å². The van der Waals surface area contributed by atoms with Gasteiger partial charge in [0.15, 0.2) is 0 Å². The van der Waals surface area contributed by atoms with E-state index in [-0.39, 0.29) is 31.4 Å². The number of hydrogen-bond acceptors (Lipinski definition) is 4. The summed E-state index contributed by atoms with van der Waals surface area (Å²) in [6.45, 7) is 5.61. The van der Waals surface area contributed by atoms with Crippen molar-refractivity contribution in [1.82, 2.24) is 15.1 Å². The first kappa shape index (κ1) is 21.3. The van der Waals surface area contributed by atoms with Gasteiger partial charge in [-0.1, -0.05) is 42.5 Å². The number of likely N-dealkylation sites (N-methyl/N-ethyl adjacent to an activating group) is 1. The van der Waals surface area contributed by atoms with Gasteiger partial charge in [-0.2, -0.15) is 0 Å². The topological polar surface area (TPSA) is 86.8 Å². The van der Waals surface area contributed by atoms with E-state index in [1.54, 1.807) is 21.0 Å². The van der Waals surface area contributed by atoms with Gasteiger partial charge in [-0.15, -0.1) is 0 Å². The van der Waals surface area contributed by atoms with Crippen LogP contribution in [0.3, 0.4) is 0 Å². The van der Waals surface area contributed by atoms with Gasteiger partial charge in [-0.25, -0.2) is 0 Å². The summed E-state index contributed by atoms with van der Waals surface area (Å²) in [6.07, 6.45) is 0.344. The number of hydrogen-bond donors (Lipinski definition) is 1. The van der Waals surface area contributed by atoms with Gasteiger partial charge in [0.2, 0.25) is 17.6 Å². The summed E-state index contributed by atoms with van der Waals surface area (Å²) in [5, 5.41) is 2.54. The van der Waals surface area contributed by atoms with Crippen molar-refractivity contribution in [2.75, 3.05) is 33.7 Å². The van der Waals surface area contributed by atoms with Crippen LogP contribution in [0.2, 0.25) is 0 Å². The Labute approximate surface area is 165 Å². The van der Waals surface area contributed by atoms with Crippen molar-refractivity contribution in [3.05, 3.63) is 48.0 Å². The number of rotatable bonds is 8. The Kier molecular flexibility index (Phi) is 7.09. The molecule has 2 rings (SSSR count). The lowest BCUT2D eigenvalue weighted by molar-refractivity contribution is -0.141. The summed E-state index contributed by atoms with van der Waals surface area (Å²) in [5.41, 5.74) is 1.63. The molecule has 1 unspecified atom stereocenters. The highest BCUT2D eigenvalue weighted by atomic mass is 16.2. The Morgan fingerprint density at radius 3 is 2.43 bits per heavy atom. The van der Waals surface area contributed by atoms with Crippen LogP contribution < -0.4 is 5.32 Å². The van der Waals surface area contributed by atoms with Gasteiger partial charge in [0.1, 0.15) is 0 Å². The number of likely N-dealkylation sites (tertiary alicyclic amines) is 1. The molecule has 0 aromatic heterocycles. The molecule has 28 heavy (non-hydrogen) atoms. The lowest BCUT2D eigenvalue weighted by Crippen LogP contribution is -2.40. The normalized spacial score (nSPS) is 18.7. The number of amides is 3. The van der Waals surface area contributed by atoms with E-state index >= 15 is 0 Å². The maximum atomic E-state index is 12.9. The monoisotopic (exact) mass is 385 g/mol. The third-order valence-electron chi connectivity index (χ3n) is 4.77. The van der Waals surface area contributed by atoms with E-state index in [0.717, 1.165) is 11.1 Å². The molecule has 1 aromatic carbocycles. The van der Waals surface area contributed by atoms with E-state index in [0.29, 0.717) is 6.42 Å². The molecular weight excluding hydrogens is 358 g/mol. The number of benzene rings is 1. The Bertz CT molecular complexity index is 773. The van der Waals surface area contributed by atoms with Gasteiger partial charge in [0.05, 0.1) is 18.4 Å². The summed E-state index contributed by atoms with van der Waals surface area (Å²) in [7, 11) is 3.22. The molecule has 1 aliphatic rings. The summed E-state index contributed by atoms with van der Waals surface area (Å²) >= 11 is 0. The van der Waals surface area contributed by atoms with Crippen molar-refractivity contribution in [2.24, 2.45) is 11.8 Å². The van der Waals surface area contributed by atoms with Crippen LogP contribution in [0, 0.1) is 11.8 Å². The average Bonchev–Trinajstić information content (AvgIpc) is 2.95. The summed E-state index contributed by atoms with van der Waals surface area (Å²) in [4.78, 5) is 52.8. The molecule has 1 N–H and O–H groups in total. The Morgan fingerprint density at radius 1 is 1.21 bits per heavy atom. The van der Waals surface area contributed by atoms with Crippen LogP contribution in [0.15, 0.2) is 42.5 Å². The van der Waals surface area contributed by atoms with E-state index in [2.05, 4.69) is 11.9 Å². The van der Waals surface area contributed by atoms with Crippen molar-refractivity contribution in [3.8, 4) is 0 Å². The summed E-state index contributed by atoms with van der Waals surface area (Å²) in [5.74, 6) is -3.31. The number of nitrogens with one attached hydrogen (secondary N) is 1. The smallest absolute Gasteiger partial charge is 0.288 e. The van der Waals surface area contributed by atoms with Gasteiger partial charge >= 0.3 is 0 Å². The van der Waals surface area contributed by atoms with Crippen LogP contribution in [0.4, 0.5) is 0 Å². The second-order valence-electron chi connectivity index (χ2n) is 7.41. The first-order valence-electron chi connectivity index (χ1n) is 9.20. The standard InChI is InChI=1S/C21H27N3O4/c1-14(2)11-22-20(27)19(26)17-12-24(13-18(25)23(3)4)21(28)16(17)10-15-8-6-5-7-9-15/h5-9,16-17H,1,10-13H2,2-4H3,(H,22,27)/t16?,17-/m0/s1. The van der Waals surface area contributed by atoms with Crippen molar-refractivity contribution in [2.45, 2.75) is 13.3 Å². The maximum absolute atomic E-state index is 12.9. The molecule has 0 radical (unpaired) electrons. The maximum Gasteiger partial charge on any atom is 0.288 e. The summed E-state index contributed by atoms with van der Waals surface area (Å²) in [6, 6.07) is 9.35. The fourth-order valence-corrected chi connectivity index (χ4v) is 3.16. The first-order chi connectivity index (χ1) is 13.2. The van der Waals surface area contributed by atoms with Crippen LogP contribution in [0.1, 0.15) is 12.5 Å². The molecule has 7 heteroatoms. The predicted octanol–water partition coefficient (Wildman–Crippen LogP) is 0.653. The fraction of sp³-hybridized carbons (Fsp3) is 0.429. The molecule has 150 valence electrons. The molecule has 1 saturated heterocycles. The number of ketones is 1. The molecule has 1 aliphatic heterocycles. The van der Waals surface area contributed by atoms with Crippen molar-refractivity contribution < 1.29 is 19.2 Å². The van der Waals surface area contributed by atoms with Gasteiger partial charge in [0, 0.05) is 27.2 Å². The van der Waals surface area contributed by atoms with E-state index < -0.39 is 23.5 Å². The quantitative estimate of drug-likeness (QED) is 0.526. The number of nitrogens with zero attached hydrogens (tertiary/aromatic N) is 2. The highest BCUT2D eigenvalue weighted by molar-refractivity contribution is 6.37.